The summed E-state index contributed by atoms with van der Waals surface area (Å²) in [6, 6.07) is 14.2. The molecule has 1 aromatic heterocycles. The summed E-state index contributed by atoms with van der Waals surface area (Å²) in [4.78, 5) is 10.9. The lowest BCUT2D eigenvalue weighted by Gasteiger charge is -2.04. The van der Waals surface area contributed by atoms with Gasteiger partial charge in [0, 0.05) is 39.2 Å². The Morgan fingerprint density at radius 2 is 1.83 bits per heavy atom. The maximum absolute atomic E-state index is 10.9. The smallest absolute Gasteiger partial charge is 0.150 e. The van der Waals surface area contributed by atoms with Crippen LogP contribution in [0.4, 0.5) is 0 Å². The SMILES string of the molecule is O=Cc1ccc2c(c1)c1ccccc1n2CCBr. The monoisotopic (exact) mass is 301 g/mol. The molecule has 18 heavy (non-hydrogen) atoms. The first kappa shape index (κ1) is 11.5. The van der Waals surface area contributed by atoms with E-state index in [1.54, 1.807) is 0 Å². The van der Waals surface area contributed by atoms with E-state index in [0.29, 0.717) is 0 Å². The molecular weight excluding hydrogens is 290 g/mol. The van der Waals surface area contributed by atoms with Gasteiger partial charge in [0.2, 0.25) is 0 Å². The predicted molar refractivity (Wildman–Crippen MR) is 78.6 cm³/mol. The van der Waals surface area contributed by atoms with Crippen molar-refractivity contribution in [1.29, 1.82) is 0 Å². The molecule has 0 unspecified atom stereocenters. The first-order valence-corrected chi connectivity index (χ1v) is 6.99. The van der Waals surface area contributed by atoms with Gasteiger partial charge in [0.05, 0.1) is 0 Å². The fourth-order valence-corrected chi connectivity index (χ4v) is 2.82. The first-order chi connectivity index (χ1) is 8.85. The summed E-state index contributed by atoms with van der Waals surface area (Å²) >= 11 is 3.49. The molecule has 90 valence electrons. The lowest BCUT2D eigenvalue weighted by molar-refractivity contribution is 0.112. The van der Waals surface area contributed by atoms with Gasteiger partial charge < -0.3 is 4.57 Å². The van der Waals surface area contributed by atoms with Crippen LogP contribution < -0.4 is 0 Å². The van der Waals surface area contributed by atoms with Crippen LogP contribution in [0.15, 0.2) is 42.5 Å². The maximum Gasteiger partial charge on any atom is 0.150 e. The van der Waals surface area contributed by atoms with E-state index in [0.717, 1.165) is 29.1 Å². The van der Waals surface area contributed by atoms with E-state index in [2.05, 4.69) is 32.6 Å². The summed E-state index contributed by atoms with van der Waals surface area (Å²) in [5.41, 5.74) is 3.13. The second-order valence-electron chi connectivity index (χ2n) is 4.25. The number of para-hydroxylation sites is 1. The van der Waals surface area contributed by atoms with Crippen molar-refractivity contribution in [2.45, 2.75) is 6.54 Å². The van der Waals surface area contributed by atoms with E-state index in [1.807, 2.05) is 30.3 Å². The lowest BCUT2D eigenvalue weighted by atomic mass is 10.1. The number of carbonyl (C=O) groups is 1. The molecule has 0 bridgehead atoms. The van der Waals surface area contributed by atoms with Crippen LogP contribution in [0.5, 0.6) is 0 Å². The molecule has 0 fully saturated rings. The topological polar surface area (TPSA) is 22.0 Å². The van der Waals surface area contributed by atoms with E-state index in [1.165, 1.54) is 16.4 Å². The highest BCUT2D eigenvalue weighted by Gasteiger charge is 2.09. The van der Waals surface area contributed by atoms with Crippen molar-refractivity contribution in [2.75, 3.05) is 5.33 Å². The molecule has 3 heteroatoms. The molecule has 0 radical (unpaired) electrons. The minimum atomic E-state index is 0.726. The number of hydrogen-bond acceptors (Lipinski definition) is 1. The van der Waals surface area contributed by atoms with Crippen molar-refractivity contribution < 1.29 is 4.79 Å². The van der Waals surface area contributed by atoms with Crippen LogP contribution in [0, 0.1) is 0 Å². The molecule has 2 aromatic carbocycles. The van der Waals surface area contributed by atoms with Gasteiger partial charge in [-0.2, -0.15) is 0 Å². The Labute approximate surface area is 113 Å². The van der Waals surface area contributed by atoms with Crippen molar-refractivity contribution in [3.8, 4) is 0 Å². The number of fused-ring (bicyclic) bond motifs is 3. The Morgan fingerprint density at radius 3 is 2.61 bits per heavy atom. The van der Waals surface area contributed by atoms with Gasteiger partial charge in [0.1, 0.15) is 6.29 Å². The standard InChI is InChI=1S/C15H12BrNO/c16-7-8-17-14-4-2-1-3-12(14)13-9-11(10-18)5-6-15(13)17/h1-6,9-10H,7-8H2. The zero-order valence-electron chi connectivity index (χ0n) is 9.77. The van der Waals surface area contributed by atoms with Gasteiger partial charge in [-0.1, -0.05) is 34.1 Å². The van der Waals surface area contributed by atoms with E-state index in [9.17, 15) is 4.79 Å². The summed E-state index contributed by atoms with van der Waals surface area (Å²) in [6.45, 7) is 0.921. The number of benzene rings is 2. The highest BCUT2D eigenvalue weighted by Crippen LogP contribution is 2.29. The summed E-state index contributed by atoms with van der Waals surface area (Å²) < 4.78 is 2.29. The van der Waals surface area contributed by atoms with Crippen LogP contribution in [0.2, 0.25) is 0 Å². The minimum absolute atomic E-state index is 0.726. The molecule has 0 saturated heterocycles. The number of halogens is 1. The number of alkyl halides is 1. The van der Waals surface area contributed by atoms with Crippen LogP contribution in [-0.2, 0) is 6.54 Å². The third kappa shape index (κ3) is 1.66. The molecule has 1 heterocycles. The number of aromatic nitrogens is 1. The second kappa shape index (κ2) is 4.58. The van der Waals surface area contributed by atoms with Crippen LogP contribution in [0.3, 0.4) is 0 Å². The molecule has 0 N–H and O–H groups in total. The van der Waals surface area contributed by atoms with Crippen molar-refractivity contribution in [3.05, 3.63) is 48.0 Å². The normalized spacial score (nSPS) is 11.2. The number of aldehydes is 1. The molecule has 0 aliphatic rings. The zero-order chi connectivity index (χ0) is 12.5. The maximum atomic E-state index is 10.9. The molecule has 3 aromatic rings. The van der Waals surface area contributed by atoms with Crippen molar-refractivity contribution in [2.24, 2.45) is 0 Å². The Hall–Kier alpha value is -1.61. The fraction of sp³-hybridized carbons (Fsp3) is 0.133. The quantitative estimate of drug-likeness (QED) is 0.529. The summed E-state index contributed by atoms with van der Waals surface area (Å²) in [5, 5.41) is 3.27. The average molecular weight is 302 g/mol. The number of carbonyl (C=O) groups excluding carboxylic acids is 1. The van der Waals surface area contributed by atoms with Gasteiger partial charge in [0.15, 0.2) is 0 Å². The molecule has 2 nitrogen and oxygen atoms in total. The lowest BCUT2D eigenvalue weighted by Crippen LogP contribution is -1.97. The van der Waals surface area contributed by atoms with Crippen LogP contribution in [0.1, 0.15) is 10.4 Å². The van der Waals surface area contributed by atoms with Gasteiger partial charge >= 0.3 is 0 Å². The molecule has 0 amide bonds. The Kier molecular flexibility index (Phi) is 2.92. The highest BCUT2D eigenvalue weighted by atomic mass is 79.9. The molecule has 0 aliphatic carbocycles. The molecular formula is C15H12BrNO. The third-order valence-electron chi connectivity index (χ3n) is 3.24. The van der Waals surface area contributed by atoms with Gasteiger partial charge in [-0.3, -0.25) is 4.79 Å². The van der Waals surface area contributed by atoms with E-state index >= 15 is 0 Å². The average Bonchev–Trinajstić information content (AvgIpc) is 2.74. The number of hydrogen-bond donors (Lipinski definition) is 0. The Bertz CT molecular complexity index is 730. The van der Waals surface area contributed by atoms with E-state index in [-0.39, 0.29) is 0 Å². The van der Waals surface area contributed by atoms with Crippen molar-refractivity contribution in [3.63, 3.8) is 0 Å². The van der Waals surface area contributed by atoms with Gasteiger partial charge in [-0.25, -0.2) is 0 Å². The molecule has 3 rings (SSSR count). The van der Waals surface area contributed by atoms with Crippen molar-refractivity contribution in [1.82, 2.24) is 4.57 Å². The van der Waals surface area contributed by atoms with E-state index in [4.69, 9.17) is 0 Å². The Morgan fingerprint density at radius 1 is 1.06 bits per heavy atom. The predicted octanol–water partition coefficient (Wildman–Crippen LogP) is 4.00. The molecule has 0 atom stereocenters. The van der Waals surface area contributed by atoms with Crippen LogP contribution >= 0.6 is 15.9 Å². The van der Waals surface area contributed by atoms with Gasteiger partial charge in [-0.15, -0.1) is 0 Å². The number of nitrogens with zero attached hydrogens (tertiary/aromatic N) is 1. The molecule has 0 saturated carbocycles. The number of aryl methyl sites for hydroxylation is 1. The third-order valence-corrected chi connectivity index (χ3v) is 3.60. The fourth-order valence-electron chi connectivity index (χ4n) is 2.47. The van der Waals surface area contributed by atoms with Crippen LogP contribution in [0.25, 0.3) is 21.8 Å². The summed E-state index contributed by atoms with van der Waals surface area (Å²) in [5.74, 6) is 0. The number of rotatable bonds is 3. The van der Waals surface area contributed by atoms with Crippen molar-refractivity contribution >= 4 is 44.0 Å². The summed E-state index contributed by atoms with van der Waals surface area (Å²) in [7, 11) is 0. The van der Waals surface area contributed by atoms with Gasteiger partial charge in [-0.05, 0) is 24.3 Å². The summed E-state index contributed by atoms with van der Waals surface area (Å²) in [6.07, 6.45) is 0.899. The zero-order valence-corrected chi connectivity index (χ0v) is 11.4. The van der Waals surface area contributed by atoms with E-state index < -0.39 is 0 Å². The molecule has 0 aliphatic heterocycles. The Balaban J connectivity index is 2.45. The van der Waals surface area contributed by atoms with Crippen LogP contribution in [-0.4, -0.2) is 16.2 Å². The first-order valence-electron chi connectivity index (χ1n) is 5.87. The minimum Gasteiger partial charge on any atom is -0.340 e. The largest absolute Gasteiger partial charge is 0.340 e. The van der Waals surface area contributed by atoms with Gasteiger partial charge in [0.25, 0.3) is 0 Å². The second-order valence-corrected chi connectivity index (χ2v) is 5.05. The highest BCUT2D eigenvalue weighted by molar-refractivity contribution is 9.09. The molecule has 0 spiro atoms.